The van der Waals surface area contributed by atoms with Gasteiger partial charge in [0.25, 0.3) is 0 Å². The SMILES string of the molecule is COc1ccc(C2CCCN2C(=O)C=C(C)C)cc1OC. The lowest BCUT2D eigenvalue weighted by molar-refractivity contribution is -0.126. The van der Waals surface area contributed by atoms with Crippen LogP contribution in [0.2, 0.25) is 0 Å². The lowest BCUT2D eigenvalue weighted by Crippen LogP contribution is -2.29. The Morgan fingerprint density at radius 3 is 2.57 bits per heavy atom. The standard InChI is InChI=1S/C17H23NO3/c1-12(2)10-17(19)18-9-5-6-14(18)13-7-8-15(20-3)16(11-13)21-4/h7-8,10-11,14H,5-6,9H2,1-4H3. The molecule has 1 amide bonds. The maximum Gasteiger partial charge on any atom is 0.246 e. The topological polar surface area (TPSA) is 38.8 Å². The van der Waals surface area contributed by atoms with E-state index in [0.29, 0.717) is 11.5 Å². The third kappa shape index (κ3) is 3.38. The van der Waals surface area contributed by atoms with Crippen molar-refractivity contribution in [2.45, 2.75) is 32.7 Å². The molecule has 1 aromatic rings. The summed E-state index contributed by atoms with van der Waals surface area (Å²) in [5.41, 5.74) is 2.12. The van der Waals surface area contributed by atoms with Gasteiger partial charge in [0.1, 0.15) is 0 Å². The molecule has 21 heavy (non-hydrogen) atoms. The maximum absolute atomic E-state index is 12.3. The third-order valence-electron chi connectivity index (χ3n) is 3.74. The Morgan fingerprint density at radius 2 is 1.95 bits per heavy atom. The minimum absolute atomic E-state index is 0.0901. The van der Waals surface area contributed by atoms with E-state index in [-0.39, 0.29) is 11.9 Å². The third-order valence-corrected chi connectivity index (χ3v) is 3.74. The van der Waals surface area contributed by atoms with E-state index in [1.54, 1.807) is 20.3 Å². The van der Waals surface area contributed by atoms with Gasteiger partial charge in [-0.15, -0.1) is 0 Å². The van der Waals surface area contributed by atoms with Gasteiger partial charge in [0.15, 0.2) is 11.5 Å². The molecule has 0 aromatic heterocycles. The Balaban J connectivity index is 2.28. The first-order valence-corrected chi connectivity index (χ1v) is 7.24. The first kappa shape index (κ1) is 15.4. The van der Waals surface area contributed by atoms with Crippen molar-refractivity contribution in [2.75, 3.05) is 20.8 Å². The molecular weight excluding hydrogens is 266 g/mol. The second kappa shape index (κ2) is 6.66. The highest BCUT2D eigenvalue weighted by molar-refractivity contribution is 5.88. The van der Waals surface area contributed by atoms with Crippen LogP contribution in [0, 0.1) is 0 Å². The Hall–Kier alpha value is -1.97. The van der Waals surface area contributed by atoms with Crippen LogP contribution in [-0.4, -0.2) is 31.6 Å². The van der Waals surface area contributed by atoms with E-state index in [2.05, 4.69) is 0 Å². The predicted molar refractivity (Wildman–Crippen MR) is 82.7 cm³/mol. The van der Waals surface area contributed by atoms with Crippen LogP contribution in [0.5, 0.6) is 11.5 Å². The van der Waals surface area contributed by atoms with E-state index in [4.69, 9.17) is 9.47 Å². The molecule has 1 heterocycles. The van der Waals surface area contributed by atoms with E-state index < -0.39 is 0 Å². The van der Waals surface area contributed by atoms with Crippen molar-refractivity contribution in [2.24, 2.45) is 0 Å². The number of ether oxygens (including phenoxy) is 2. The average molecular weight is 289 g/mol. The molecule has 1 atom stereocenters. The van der Waals surface area contributed by atoms with E-state index in [1.165, 1.54) is 0 Å². The van der Waals surface area contributed by atoms with Gasteiger partial charge in [0.2, 0.25) is 5.91 Å². The molecule has 4 heteroatoms. The highest BCUT2D eigenvalue weighted by Gasteiger charge is 2.29. The van der Waals surface area contributed by atoms with Crippen molar-refractivity contribution in [3.8, 4) is 11.5 Å². The van der Waals surface area contributed by atoms with E-state index in [9.17, 15) is 4.79 Å². The first-order chi connectivity index (χ1) is 10.1. The maximum atomic E-state index is 12.3. The lowest BCUT2D eigenvalue weighted by atomic mass is 10.0. The molecule has 1 saturated heterocycles. The summed E-state index contributed by atoms with van der Waals surface area (Å²) >= 11 is 0. The van der Waals surface area contributed by atoms with Crippen molar-refractivity contribution in [3.05, 3.63) is 35.4 Å². The number of amides is 1. The second-order valence-corrected chi connectivity index (χ2v) is 5.53. The first-order valence-electron chi connectivity index (χ1n) is 7.24. The number of nitrogens with zero attached hydrogens (tertiary/aromatic N) is 1. The zero-order valence-electron chi connectivity index (χ0n) is 13.2. The molecule has 0 bridgehead atoms. The number of hydrogen-bond donors (Lipinski definition) is 0. The van der Waals surface area contributed by atoms with Gasteiger partial charge >= 0.3 is 0 Å². The molecule has 0 saturated carbocycles. The van der Waals surface area contributed by atoms with Crippen LogP contribution in [0.25, 0.3) is 0 Å². The number of benzene rings is 1. The van der Waals surface area contributed by atoms with Gasteiger partial charge in [0, 0.05) is 12.6 Å². The molecule has 1 aliphatic heterocycles. The summed E-state index contributed by atoms with van der Waals surface area (Å²) in [4.78, 5) is 14.2. The zero-order chi connectivity index (χ0) is 15.4. The quantitative estimate of drug-likeness (QED) is 0.798. The number of methoxy groups -OCH3 is 2. The largest absolute Gasteiger partial charge is 0.493 e. The number of likely N-dealkylation sites (tertiary alicyclic amines) is 1. The second-order valence-electron chi connectivity index (χ2n) is 5.53. The van der Waals surface area contributed by atoms with Gasteiger partial charge in [-0.1, -0.05) is 11.6 Å². The highest BCUT2D eigenvalue weighted by atomic mass is 16.5. The smallest absolute Gasteiger partial charge is 0.246 e. The molecule has 0 spiro atoms. The van der Waals surface area contributed by atoms with Crippen LogP contribution in [-0.2, 0) is 4.79 Å². The molecule has 0 N–H and O–H groups in total. The summed E-state index contributed by atoms with van der Waals surface area (Å²) in [6, 6.07) is 6.00. The van der Waals surface area contributed by atoms with Gasteiger partial charge in [-0.3, -0.25) is 4.79 Å². The Morgan fingerprint density at radius 1 is 1.24 bits per heavy atom. The Bertz CT molecular complexity index is 547. The zero-order valence-corrected chi connectivity index (χ0v) is 13.2. The molecule has 0 aliphatic carbocycles. The van der Waals surface area contributed by atoms with E-state index >= 15 is 0 Å². The molecule has 114 valence electrons. The highest BCUT2D eigenvalue weighted by Crippen LogP contribution is 2.37. The van der Waals surface area contributed by atoms with Crippen LogP contribution in [0.1, 0.15) is 38.3 Å². The Kier molecular flexibility index (Phi) is 4.89. The van der Waals surface area contributed by atoms with Crippen molar-refractivity contribution < 1.29 is 14.3 Å². The number of allylic oxidation sites excluding steroid dienone is 1. The van der Waals surface area contributed by atoms with Crippen LogP contribution >= 0.6 is 0 Å². The fraction of sp³-hybridized carbons (Fsp3) is 0.471. The van der Waals surface area contributed by atoms with Crippen LogP contribution in [0.4, 0.5) is 0 Å². The average Bonchev–Trinajstić information content (AvgIpc) is 2.95. The Labute approximate surface area is 126 Å². The number of hydrogen-bond acceptors (Lipinski definition) is 3. The van der Waals surface area contributed by atoms with Gasteiger partial charge in [-0.25, -0.2) is 0 Å². The van der Waals surface area contributed by atoms with Crippen molar-refractivity contribution in [1.29, 1.82) is 0 Å². The molecule has 1 unspecified atom stereocenters. The van der Waals surface area contributed by atoms with Gasteiger partial charge in [0.05, 0.1) is 20.3 Å². The van der Waals surface area contributed by atoms with E-state index in [0.717, 1.165) is 30.5 Å². The normalized spacial score (nSPS) is 17.5. The summed E-state index contributed by atoms with van der Waals surface area (Å²) in [6.07, 6.45) is 3.72. The molecule has 1 aromatic carbocycles. The molecule has 1 fully saturated rings. The monoisotopic (exact) mass is 289 g/mol. The molecule has 4 nitrogen and oxygen atoms in total. The summed E-state index contributed by atoms with van der Waals surface area (Å²) in [5.74, 6) is 1.50. The van der Waals surface area contributed by atoms with Crippen LogP contribution in [0.3, 0.4) is 0 Å². The minimum atomic E-state index is 0.0901. The van der Waals surface area contributed by atoms with Crippen molar-refractivity contribution in [3.63, 3.8) is 0 Å². The molecular formula is C17H23NO3. The molecule has 2 rings (SSSR count). The summed E-state index contributed by atoms with van der Waals surface area (Å²) < 4.78 is 10.6. The minimum Gasteiger partial charge on any atom is -0.493 e. The molecule has 1 aliphatic rings. The van der Waals surface area contributed by atoms with Gasteiger partial charge in [-0.05, 0) is 44.4 Å². The van der Waals surface area contributed by atoms with Crippen LogP contribution in [0.15, 0.2) is 29.8 Å². The number of carbonyl (C=O) groups excluding carboxylic acids is 1. The van der Waals surface area contributed by atoms with Gasteiger partial charge < -0.3 is 14.4 Å². The summed E-state index contributed by atoms with van der Waals surface area (Å²) in [6.45, 7) is 4.69. The van der Waals surface area contributed by atoms with Gasteiger partial charge in [-0.2, -0.15) is 0 Å². The predicted octanol–water partition coefficient (Wildman–Crippen LogP) is 3.33. The van der Waals surface area contributed by atoms with Crippen molar-refractivity contribution in [1.82, 2.24) is 4.90 Å². The fourth-order valence-electron chi connectivity index (χ4n) is 2.77. The summed E-state index contributed by atoms with van der Waals surface area (Å²) in [7, 11) is 3.25. The van der Waals surface area contributed by atoms with Crippen molar-refractivity contribution >= 4 is 5.91 Å². The number of carbonyl (C=O) groups is 1. The fourth-order valence-corrected chi connectivity index (χ4v) is 2.77. The van der Waals surface area contributed by atoms with Crippen LogP contribution < -0.4 is 9.47 Å². The molecule has 0 radical (unpaired) electrons. The van der Waals surface area contributed by atoms with E-state index in [1.807, 2.05) is 36.9 Å². The summed E-state index contributed by atoms with van der Waals surface area (Å²) in [5, 5.41) is 0. The lowest BCUT2D eigenvalue weighted by Gasteiger charge is -2.24. The number of rotatable bonds is 4.